The number of ether oxygens (including phenoxy) is 1. The minimum atomic E-state index is -0.621. The number of aromatic nitrogens is 1. The highest BCUT2D eigenvalue weighted by molar-refractivity contribution is 6.21. The SMILES string of the molecule is Cc1c(C(=O)c2cccc3c2C(=O)OC32CCNCC2)c2ccccc2n1Cc1ccccc1. The molecule has 1 fully saturated rings. The number of piperidine rings is 1. The summed E-state index contributed by atoms with van der Waals surface area (Å²) in [7, 11) is 0. The van der Waals surface area contributed by atoms with Gasteiger partial charge in [0.25, 0.3) is 0 Å². The molecular formula is C29H26N2O3. The Hall–Kier alpha value is -3.70. The van der Waals surface area contributed by atoms with Crippen LogP contribution in [0.1, 0.15) is 55.9 Å². The first kappa shape index (κ1) is 20.9. The first-order chi connectivity index (χ1) is 16.6. The van der Waals surface area contributed by atoms with Gasteiger partial charge in [-0.25, -0.2) is 4.79 Å². The van der Waals surface area contributed by atoms with Gasteiger partial charge in [-0.3, -0.25) is 4.79 Å². The molecule has 34 heavy (non-hydrogen) atoms. The van der Waals surface area contributed by atoms with Crippen molar-refractivity contribution >= 4 is 22.7 Å². The quantitative estimate of drug-likeness (QED) is 0.352. The molecule has 0 bridgehead atoms. The predicted octanol–water partition coefficient (Wildman–Crippen LogP) is 4.98. The van der Waals surface area contributed by atoms with Crippen LogP contribution in [0.15, 0.2) is 72.8 Å². The standard InChI is InChI=1S/C29H26N2O3/c1-19-25(21-10-5-6-13-24(21)31(19)18-20-8-3-2-4-9-20)27(32)22-11-7-12-23-26(22)28(33)34-29(23)14-16-30-17-15-29/h2-13,30H,14-18H2,1H3. The Balaban J connectivity index is 1.49. The molecule has 2 aliphatic heterocycles. The number of carbonyl (C=O) groups excluding carboxylic acids is 2. The fraction of sp³-hybridized carbons (Fsp3) is 0.241. The summed E-state index contributed by atoms with van der Waals surface area (Å²) >= 11 is 0. The van der Waals surface area contributed by atoms with Gasteiger partial charge in [-0.05, 0) is 31.6 Å². The van der Waals surface area contributed by atoms with Crippen LogP contribution < -0.4 is 5.32 Å². The average molecular weight is 451 g/mol. The van der Waals surface area contributed by atoms with E-state index in [1.54, 1.807) is 6.07 Å². The van der Waals surface area contributed by atoms with Gasteiger partial charge in [0.2, 0.25) is 0 Å². The summed E-state index contributed by atoms with van der Waals surface area (Å²) in [6, 6.07) is 23.8. The van der Waals surface area contributed by atoms with Gasteiger partial charge in [-0.2, -0.15) is 0 Å². The normalized spacial score (nSPS) is 16.6. The Morgan fingerprint density at radius 3 is 2.50 bits per heavy atom. The van der Waals surface area contributed by atoms with Gasteiger partial charge in [-0.1, -0.05) is 66.7 Å². The van der Waals surface area contributed by atoms with E-state index in [2.05, 4.69) is 28.1 Å². The molecule has 3 heterocycles. The van der Waals surface area contributed by atoms with Crippen molar-refractivity contribution in [3.63, 3.8) is 0 Å². The third-order valence-corrected chi connectivity index (χ3v) is 7.34. The van der Waals surface area contributed by atoms with Crippen molar-refractivity contribution < 1.29 is 14.3 Å². The van der Waals surface area contributed by atoms with Gasteiger partial charge in [-0.15, -0.1) is 0 Å². The smallest absolute Gasteiger partial charge is 0.340 e. The highest BCUT2D eigenvalue weighted by atomic mass is 16.6. The molecule has 3 aromatic carbocycles. The van der Waals surface area contributed by atoms with Crippen molar-refractivity contribution in [3.05, 3.63) is 106 Å². The molecule has 5 heteroatoms. The second-order valence-corrected chi connectivity index (χ2v) is 9.24. The molecule has 170 valence electrons. The highest BCUT2D eigenvalue weighted by Gasteiger charge is 2.47. The van der Waals surface area contributed by atoms with Crippen LogP contribution in [0.2, 0.25) is 0 Å². The van der Waals surface area contributed by atoms with Gasteiger partial charge in [0.05, 0.1) is 11.1 Å². The largest absolute Gasteiger partial charge is 0.450 e. The lowest BCUT2D eigenvalue weighted by Crippen LogP contribution is -2.39. The van der Waals surface area contributed by atoms with Crippen LogP contribution >= 0.6 is 0 Å². The van der Waals surface area contributed by atoms with Crippen LogP contribution in [0, 0.1) is 6.92 Å². The number of nitrogens with zero attached hydrogens (tertiary/aromatic N) is 1. The summed E-state index contributed by atoms with van der Waals surface area (Å²) in [6.07, 6.45) is 1.44. The Bertz CT molecular complexity index is 1430. The Labute approximate surface area is 198 Å². The van der Waals surface area contributed by atoms with E-state index in [9.17, 15) is 9.59 Å². The number of nitrogens with one attached hydrogen (secondary N) is 1. The number of rotatable bonds is 4. The lowest BCUT2D eigenvalue weighted by Gasteiger charge is -2.33. The predicted molar refractivity (Wildman–Crippen MR) is 131 cm³/mol. The van der Waals surface area contributed by atoms with E-state index in [1.807, 2.05) is 55.5 Å². The second kappa shape index (κ2) is 7.96. The van der Waals surface area contributed by atoms with Crippen LogP contribution in [-0.4, -0.2) is 29.4 Å². The molecule has 0 amide bonds. The van der Waals surface area contributed by atoms with Crippen molar-refractivity contribution in [1.29, 1.82) is 0 Å². The van der Waals surface area contributed by atoms with Crippen molar-refractivity contribution in [2.75, 3.05) is 13.1 Å². The number of ketones is 1. The average Bonchev–Trinajstić information content (AvgIpc) is 3.30. The third kappa shape index (κ3) is 3.11. The molecule has 1 saturated heterocycles. The fourth-order valence-electron chi connectivity index (χ4n) is 5.65. The fourth-order valence-corrected chi connectivity index (χ4v) is 5.65. The number of esters is 1. The molecule has 0 atom stereocenters. The van der Waals surface area contributed by atoms with Crippen molar-refractivity contribution in [1.82, 2.24) is 9.88 Å². The Morgan fingerprint density at radius 2 is 1.71 bits per heavy atom. The van der Waals surface area contributed by atoms with Crippen molar-refractivity contribution in [2.45, 2.75) is 31.9 Å². The zero-order valence-corrected chi connectivity index (χ0v) is 19.1. The minimum absolute atomic E-state index is 0.125. The van der Waals surface area contributed by atoms with Gasteiger partial charge in [0.1, 0.15) is 5.60 Å². The number of fused-ring (bicyclic) bond motifs is 3. The summed E-state index contributed by atoms with van der Waals surface area (Å²) < 4.78 is 8.14. The zero-order chi connectivity index (χ0) is 23.3. The summed E-state index contributed by atoms with van der Waals surface area (Å²) in [5.41, 5.74) is 4.84. The summed E-state index contributed by atoms with van der Waals surface area (Å²) in [5.74, 6) is -0.508. The van der Waals surface area contributed by atoms with Crippen LogP contribution in [0.25, 0.3) is 10.9 Å². The number of benzene rings is 3. The maximum atomic E-state index is 14.1. The Kier molecular flexibility index (Phi) is 4.89. The lowest BCUT2D eigenvalue weighted by molar-refractivity contribution is -0.0242. The van der Waals surface area contributed by atoms with Crippen LogP contribution in [0.5, 0.6) is 0 Å². The molecule has 0 unspecified atom stereocenters. The maximum absolute atomic E-state index is 14.1. The molecule has 1 N–H and O–H groups in total. The number of para-hydroxylation sites is 1. The molecule has 1 aromatic heterocycles. The number of hydrogen-bond acceptors (Lipinski definition) is 4. The highest BCUT2D eigenvalue weighted by Crippen LogP contribution is 2.44. The number of hydrogen-bond donors (Lipinski definition) is 1. The summed E-state index contributed by atoms with van der Waals surface area (Å²) in [5, 5.41) is 4.24. The maximum Gasteiger partial charge on any atom is 0.340 e. The second-order valence-electron chi connectivity index (χ2n) is 9.24. The third-order valence-electron chi connectivity index (χ3n) is 7.34. The van der Waals surface area contributed by atoms with Crippen molar-refractivity contribution in [2.24, 2.45) is 0 Å². The molecule has 0 aliphatic carbocycles. The van der Waals surface area contributed by atoms with E-state index in [-0.39, 0.29) is 11.8 Å². The van der Waals surface area contributed by atoms with Crippen LogP contribution in [0.4, 0.5) is 0 Å². The van der Waals surface area contributed by atoms with Gasteiger partial charge in [0.15, 0.2) is 5.78 Å². The molecule has 0 radical (unpaired) electrons. The molecule has 0 saturated carbocycles. The molecule has 4 aromatic rings. The molecule has 1 spiro atoms. The van der Waals surface area contributed by atoms with E-state index in [0.29, 0.717) is 23.2 Å². The molecular weight excluding hydrogens is 424 g/mol. The van der Waals surface area contributed by atoms with Gasteiger partial charge < -0.3 is 14.6 Å². The lowest BCUT2D eigenvalue weighted by atomic mass is 9.82. The van der Waals surface area contributed by atoms with E-state index < -0.39 is 5.60 Å². The monoisotopic (exact) mass is 450 g/mol. The number of carbonyl (C=O) groups is 2. The Morgan fingerprint density at radius 1 is 0.971 bits per heavy atom. The first-order valence-electron chi connectivity index (χ1n) is 11.8. The van der Waals surface area contributed by atoms with E-state index in [0.717, 1.165) is 48.1 Å². The molecule has 5 nitrogen and oxygen atoms in total. The summed E-state index contributed by atoms with van der Waals surface area (Å²) in [6.45, 7) is 4.24. The van der Waals surface area contributed by atoms with E-state index in [4.69, 9.17) is 4.74 Å². The minimum Gasteiger partial charge on any atom is -0.450 e. The molecule has 2 aliphatic rings. The first-order valence-corrected chi connectivity index (χ1v) is 11.8. The summed E-state index contributed by atoms with van der Waals surface area (Å²) in [4.78, 5) is 27.2. The van der Waals surface area contributed by atoms with E-state index >= 15 is 0 Å². The van der Waals surface area contributed by atoms with Crippen LogP contribution in [-0.2, 0) is 16.9 Å². The van der Waals surface area contributed by atoms with Crippen LogP contribution in [0.3, 0.4) is 0 Å². The van der Waals surface area contributed by atoms with Gasteiger partial charge in [0, 0.05) is 47.1 Å². The van der Waals surface area contributed by atoms with Crippen molar-refractivity contribution in [3.8, 4) is 0 Å². The zero-order valence-electron chi connectivity index (χ0n) is 19.1. The molecule has 6 rings (SSSR count). The van der Waals surface area contributed by atoms with E-state index in [1.165, 1.54) is 5.56 Å². The topological polar surface area (TPSA) is 60.3 Å². The van der Waals surface area contributed by atoms with Gasteiger partial charge >= 0.3 is 5.97 Å².